The number of hydrogen-bond donors (Lipinski definition) is 0. The Morgan fingerprint density at radius 2 is 1.79 bits per heavy atom. The molecule has 0 aromatic carbocycles. The van der Waals surface area contributed by atoms with Crippen molar-refractivity contribution in [1.82, 2.24) is 14.8 Å². The molecule has 1 aromatic heterocycles. The van der Waals surface area contributed by atoms with Crippen LogP contribution in [0.1, 0.15) is 31.2 Å². The van der Waals surface area contributed by atoms with Gasteiger partial charge >= 0.3 is 0 Å². The molecule has 3 heterocycles. The molecule has 24 heavy (non-hydrogen) atoms. The largest absolute Gasteiger partial charge is 0.354 e. The summed E-state index contributed by atoms with van der Waals surface area (Å²) in [5.41, 5.74) is 0.638. The summed E-state index contributed by atoms with van der Waals surface area (Å²) in [6, 6.07) is 5.71. The van der Waals surface area contributed by atoms with E-state index >= 15 is 0 Å². The number of aromatic nitrogens is 1. The number of pyridine rings is 1. The highest BCUT2D eigenvalue weighted by Crippen LogP contribution is 2.15. The molecule has 1 amide bonds. The first-order chi connectivity index (χ1) is 11.8. The number of rotatable bonds is 3. The molecule has 128 valence electrons. The standard InChI is InChI=1S/C18H25N5O/c19-14-16-5-6-20-17(13-16)22-11-9-21(10-12-22)15-18(24)23-7-3-1-2-4-8-23/h5-6,13H,1-4,7-12,15H2. The van der Waals surface area contributed by atoms with E-state index in [9.17, 15) is 4.79 Å². The van der Waals surface area contributed by atoms with Crippen molar-refractivity contribution < 1.29 is 4.79 Å². The first-order valence-electron chi connectivity index (χ1n) is 8.87. The van der Waals surface area contributed by atoms with Crippen LogP contribution in [0, 0.1) is 11.3 Å². The number of nitrogens with zero attached hydrogens (tertiary/aromatic N) is 5. The predicted octanol–water partition coefficient (Wildman–Crippen LogP) is 1.48. The maximum atomic E-state index is 12.5. The predicted molar refractivity (Wildman–Crippen MR) is 92.7 cm³/mol. The zero-order valence-corrected chi connectivity index (χ0v) is 14.2. The van der Waals surface area contributed by atoms with Crippen molar-refractivity contribution in [2.75, 3.05) is 50.7 Å². The third kappa shape index (κ3) is 4.24. The van der Waals surface area contributed by atoms with Crippen molar-refractivity contribution in [3.05, 3.63) is 23.9 Å². The normalized spacial score (nSPS) is 19.6. The second-order valence-electron chi connectivity index (χ2n) is 6.57. The Hall–Kier alpha value is -2.13. The van der Waals surface area contributed by atoms with E-state index in [-0.39, 0.29) is 5.91 Å². The van der Waals surface area contributed by atoms with E-state index < -0.39 is 0 Å². The second kappa shape index (κ2) is 8.11. The summed E-state index contributed by atoms with van der Waals surface area (Å²) in [6.45, 7) is 5.77. The Balaban J connectivity index is 1.49. The maximum Gasteiger partial charge on any atom is 0.236 e. The van der Waals surface area contributed by atoms with Crippen LogP contribution in [0.3, 0.4) is 0 Å². The SMILES string of the molecule is N#Cc1ccnc(N2CCN(CC(=O)N3CCCCCC3)CC2)c1. The highest BCUT2D eigenvalue weighted by atomic mass is 16.2. The molecule has 0 saturated carbocycles. The van der Waals surface area contributed by atoms with Gasteiger partial charge < -0.3 is 9.80 Å². The van der Waals surface area contributed by atoms with Crippen molar-refractivity contribution in [2.45, 2.75) is 25.7 Å². The number of nitriles is 1. The molecule has 2 fully saturated rings. The van der Waals surface area contributed by atoms with Gasteiger partial charge in [-0.05, 0) is 25.0 Å². The molecule has 3 rings (SSSR count). The Morgan fingerprint density at radius 3 is 2.46 bits per heavy atom. The minimum atomic E-state index is 0.273. The van der Waals surface area contributed by atoms with Crippen LogP contribution in [0.15, 0.2) is 18.3 Å². The van der Waals surface area contributed by atoms with Gasteiger partial charge in [0.1, 0.15) is 5.82 Å². The van der Waals surface area contributed by atoms with E-state index in [4.69, 9.17) is 5.26 Å². The number of carbonyl (C=O) groups is 1. The number of likely N-dealkylation sites (tertiary alicyclic amines) is 1. The molecule has 2 saturated heterocycles. The van der Waals surface area contributed by atoms with E-state index in [2.05, 4.69) is 20.9 Å². The Kier molecular flexibility index (Phi) is 5.65. The van der Waals surface area contributed by atoms with Crippen molar-refractivity contribution in [2.24, 2.45) is 0 Å². The van der Waals surface area contributed by atoms with Crippen molar-refractivity contribution in [3.8, 4) is 6.07 Å². The minimum absolute atomic E-state index is 0.273. The Bertz CT molecular complexity index is 596. The Morgan fingerprint density at radius 1 is 1.08 bits per heavy atom. The highest BCUT2D eigenvalue weighted by molar-refractivity contribution is 5.78. The van der Waals surface area contributed by atoms with Gasteiger partial charge in [-0.1, -0.05) is 12.8 Å². The lowest BCUT2D eigenvalue weighted by Gasteiger charge is -2.36. The molecule has 6 heteroatoms. The van der Waals surface area contributed by atoms with E-state index in [1.807, 2.05) is 11.0 Å². The average molecular weight is 327 g/mol. The third-order valence-electron chi connectivity index (χ3n) is 4.89. The minimum Gasteiger partial charge on any atom is -0.354 e. The summed E-state index contributed by atoms with van der Waals surface area (Å²) in [6.07, 6.45) is 6.46. The topological polar surface area (TPSA) is 63.5 Å². The van der Waals surface area contributed by atoms with E-state index in [0.29, 0.717) is 12.1 Å². The summed E-state index contributed by atoms with van der Waals surface area (Å²) < 4.78 is 0. The molecule has 0 N–H and O–H groups in total. The van der Waals surface area contributed by atoms with Gasteiger partial charge in [0.05, 0.1) is 18.2 Å². The van der Waals surface area contributed by atoms with Crippen LogP contribution in [0.25, 0.3) is 0 Å². The molecule has 0 unspecified atom stereocenters. The van der Waals surface area contributed by atoms with Gasteiger partial charge in [0.2, 0.25) is 5.91 Å². The zero-order valence-electron chi connectivity index (χ0n) is 14.2. The molecule has 2 aliphatic rings. The van der Waals surface area contributed by atoms with Gasteiger partial charge in [0, 0.05) is 45.5 Å². The molecule has 2 aliphatic heterocycles. The lowest BCUT2D eigenvalue weighted by molar-refractivity contribution is -0.132. The van der Waals surface area contributed by atoms with E-state index in [1.165, 1.54) is 12.8 Å². The van der Waals surface area contributed by atoms with Gasteiger partial charge in [-0.2, -0.15) is 5.26 Å². The fourth-order valence-electron chi connectivity index (χ4n) is 3.41. The number of hydrogen-bond acceptors (Lipinski definition) is 5. The molecule has 1 aromatic rings. The van der Waals surface area contributed by atoms with Crippen LogP contribution < -0.4 is 4.90 Å². The van der Waals surface area contributed by atoms with Gasteiger partial charge in [0.15, 0.2) is 0 Å². The first-order valence-corrected chi connectivity index (χ1v) is 8.87. The first kappa shape index (κ1) is 16.7. The molecule has 6 nitrogen and oxygen atoms in total. The number of piperazine rings is 1. The molecular formula is C18H25N5O. The number of carbonyl (C=O) groups excluding carboxylic acids is 1. The molecule has 0 spiro atoms. The van der Waals surface area contributed by atoms with Crippen LogP contribution >= 0.6 is 0 Å². The van der Waals surface area contributed by atoms with E-state index in [1.54, 1.807) is 12.3 Å². The molecule has 0 atom stereocenters. The second-order valence-corrected chi connectivity index (χ2v) is 6.57. The summed E-state index contributed by atoms with van der Waals surface area (Å²) in [5.74, 6) is 1.13. The monoisotopic (exact) mass is 327 g/mol. The van der Waals surface area contributed by atoms with Crippen LogP contribution in [0.4, 0.5) is 5.82 Å². The highest BCUT2D eigenvalue weighted by Gasteiger charge is 2.23. The summed E-state index contributed by atoms with van der Waals surface area (Å²) in [5, 5.41) is 9.00. The zero-order chi connectivity index (χ0) is 16.8. The number of anilines is 1. The maximum absolute atomic E-state index is 12.5. The smallest absolute Gasteiger partial charge is 0.236 e. The summed E-state index contributed by atoms with van der Waals surface area (Å²) >= 11 is 0. The third-order valence-corrected chi connectivity index (χ3v) is 4.89. The fraction of sp³-hybridized carbons (Fsp3) is 0.611. The van der Waals surface area contributed by atoms with Gasteiger partial charge in [0.25, 0.3) is 0 Å². The lowest BCUT2D eigenvalue weighted by Crippen LogP contribution is -2.50. The van der Waals surface area contributed by atoms with Gasteiger partial charge in [-0.3, -0.25) is 9.69 Å². The molecule has 0 bridgehead atoms. The number of amides is 1. The van der Waals surface area contributed by atoms with Crippen LogP contribution in [0.5, 0.6) is 0 Å². The van der Waals surface area contributed by atoms with Crippen LogP contribution in [-0.4, -0.2) is 66.5 Å². The van der Waals surface area contributed by atoms with Crippen LogP contribution in [0.2, 0.25) is 0 Å². The van der Waals surface area contributed by atoms with Crippen LogP contribution in [-0.2, 0) is 4.79 Å². The Labute approximate surface area is 143 Å². The van der Waals surface area contributed by atoms with Gasteiger partial charge in [-0.15, -0.1) is 0 Å². The lowest BCUT2D eigenvalue weighted by atomic mass is 10.2. The molecular weight excluding hydrogens is 302 g/mol. The van der Waals surface area contributed by atoms with Crippen molar-refractivity contribution in [3.63, 3.8) is 0 Å². The quantitative estimate of drug-likeness (QED) is 0.841. The average Bonchev–Trinajstić information content (AvgIpc) is 2.92. The van der Waals surface area contributed by atoms with Crippen molar-refractivity contribution in [1.29, 1.82) is 5.26 Å². The van der Waals surface area contributed by atoms with Crippen molar-refractivity contribution >= 4 is 11.7 Å². The molecule has 0 aliphatic carbocycles. The van der Waals surface area contributed by atoms with E-state index in [0.717, 1.165) is 57.9 Å². The molecule has 0 radical (unpaired) electrons. The summed E-state index contributed by atoms with van der Waals surface area (Å²) in [7, 11) is 0. The summed E-state index contributed by atoms with van der Waals surface area (Å²) in [4.78, 5) is 23.3. The fourth-order valence-corrected chi connectivity index (χ4v) is 3.41. The van der Waals surface area contributed by atoms with Gasteiger partial charge in [-0.25, -0.2) is 4.98 Å².